The third-order valence-electron chi connectivity index (χ3n) is 4.31. The van der Waals surface area contributed by atoms with E-state index >= 15 is 0 Å². The minimum Gasteiger partial charge on any atom is -0.365 e. The summed E-state index contributed by atoms with van der Waals surface area (Å²) in [5.74, 6) is 0.704. The SMILES string of the molecule is CC(C)c1ccccc1NC(=O)c1ccc(NC2CCS(=O)(=O)C2)nn1. The van der Waals surface area contributed by atoms with Crippen LogP contribution in [0.15, 0.2) is 36.4 Å². The maximum Gasteiger partial charge on any atom is 0.276 e. The van der Waals surface area contributed by atoms with Gasteiger partial charge in [-0.3, -0.25) is 4.79 Å². The maximum absolute atomic E-state index is 12.4. The first-order chi connectivity index (χ1) is 12.3. The lowest BCUT2D eigenvalue weighted by atomic mass is 10.0. The third-order valence-corrected chi connectivity index (χ3v) is 6.08. The highest BCUT2D eigenvalue weighted by Gasteiger charge is 2.28. The van der Waals surface area contributed by atoms with Gasteiger partial charge in [0.15, 0.2) is 15.5 Å². The summed E-state index contributed by atoms with van der Waals surface area (Å²) in [4.78, 5) is 12.4. The van der Waals surface area contributed by atoms with Crippen molar-refractivity contribution in [2.75, 3.05) is 22.1 Å². The van der Waals surface area contributed by atoms with E-state index in [1.807, 2.05) is 24.3 Å². The number of rotatable bonds is 5. The molecule has 2 N–H and O–H groups in total. The lowest BCUT2D eigenvalue weighted by Crippen LogP contribution is -2.22. The third kappa shape index (κ3) is 4.37. The van der Waals surface area contributed by atoms with Gasteiger partial charge in [-0.2, -0.15) is 0 Å². The van der Waals surface area contributed by atoms with Crippen LogP contribution in [0.2, 0.25) is 0 Å². The molecule has 138 valence electrons. The number of amides is 1. The summed E-state index contributed by atoms with van der Waals surface area (Å²) in [6, 6.07) is 10.7. The van der Waals surface area contributed by atoms with Crippen molar-refractivity contribution in [3.8, 4) is 0 Å². The van der Waals surface area contributed by atoms with Crippen molar-refractivity contribution in [2.45, 2.75) is 32.2 Å². The number of carbonyl (C=O) groups is 1. The van der Waals surface area contributed by atoms with Gasteiger partial charge in [0, 0.05) is 11.7 Å². The number of anilines is 2. The number of hydrogen-bond acceptors (Lipinski definition) is 6. The van der Waals surface area contributed by atoms with Crippen LogP contribution in [0.4, 0.5) is 11.5 Å². The lowest BCUT2D eigenvalue weighted by Gasteiger charge is -2.13. The summed E-state index contributed by atoms with van der Waals surface area (Å²) in [5.41, 5.74) is 2.01. The van der Waals surface area contributed by atoms with Crippen molar-refractivity contribution in [1.29, 1.82) is 0 Å². The molecule has 26 heavy (non-hydrogen) atoms. The summed E-state index contributed by atoms with van der Waals surface area (Å²) in [7, 11) is -2.96. The number of carbonyl (C=O) groups excluding carboxylic acids is 1. The quantitative estimate of drug-likeness (QED) is 0.834. The summed E-state index contributed by atoms with van der Waals surface area (Å²) in [6.45, 7) is 4.13. The minimum absolute atomic E-state index is 0.100. The van der Waals surface area contributed by atoms with Crippen LogP contribution in [0.5, 0.6) is 0 Å². The fourth-order valence-corrected chi connectivity index (χ4v) is 4.62. The Labute approximate surface area is 153 Å². The van der Waals surface area contributed by atoms with Crippen molar-refractivity contribution in [3.63, 3.8) is 0 Å². The molecule has 1 aliphatic rings. The summed E-state index contributed by atoms with van der Waals surface area (Å²) in [6.07, 6.45) is 0.554. The molecule has 1 aromatic carbocycles. The fourth-order valence-electron chi connectivity index (χ4n) is 2.95. The maximum atomic E-state index is 12.4. The van der Waals surface area contributed by atoms with Gasteiger partial charge in [-0.15, -0.1) is 10.2 Å². The Morgan fingerprint density at radius 2 is 1.92 bits per heavy atom. The molecule has 0 spiro atoms. The van der Waals surface area contributed by atoms with E-state index in [9.17, 15) is 13.2 Å². The second-order valence-corrected chi connectivity index (χ2v) is 8.97. The molecule has 1 aromatic heterocycles. The van der Waals surface area contributed by atoms with Crippen molar-refractivity contribution in [1.82, 2.24) is 10.2 Å². The highest BCUT2D eigenvalue weighted by molar-refractivity contribution is 7.91. The van der Waals surface area contributed by atoms with Gasteiger partial charge in [-0.25, -0.2) is 8.42 Å². The molecule has 8 heteroatoms. The molecule has 0 aliphatic carbocycles. The zero-order valence-corrected chi connectivity index (χ0v) is 15.6. The van der Waals surface area contributed by atoms with E-state index < -0.39 is 9.84 Å². The molecule has 1 amide bonds. The van der Waals surface area contributed by atoms with Crippen molar-refractivity contribution >= 4 is 27.2 Å². The Hall–Kier alpha value is -2.48. The van der Waals surface area contributed by atoms with Gasteiger partial charge >= 0.3 is 0 Å². The second-order valence-electron chi connectivity index (χ2n) is 6.74. The van der Waals surface area contributed by atoms with Crippen molar-refractivity contribution in [2.24, 2.45) is 0 Å². The van der Waals surface area contributed by atoms with Crippen LogP contribution < -0.4 is 10.6 Å². The van der Waals surface area contributed by atoms with Crippen molar-refractivity contribution in [3.05, 3.63) is 47.7 Å². The van der Waals surface area contributed by atoms with Gasteiger partial charge in [-0.05, 0) is 36.1 Å². The van der Waals surface area contributed by atoms with Crippen LogP contribution in [0.1, 0.15) is 42.2 Å². The molecule has 7 nitrogen and oxygen atoms in total. The Morgan fingerprint density at radius 3 is 2.54 bits per heavy atom. The number of hydrogen-bond donors (Lipinski definition) is 2. The molecular formula is C18H22N4O3S. The zero-order chi connectivity index (χ0) is 18.7. The van der Waals surface area contributed by atoms with E-state index in [-0.39, 0.29) is 35.1 Å². The first-order valence-corrected chi connectivity index (χ1v) is 10.4. The molecule has 0 bridgehead atoms. The van der Waals surface area contributed by atoms with Gasteiger partial charge in [0.1, 0.15) is 5.82 Å². The highest BCUT2D eigenvalue weighted by atomic mass is 32.2. The molecule has 0 saturated carbocycles. The standard InChI is InChI=1S/C18H22N4O3S/c1-12(2)14-5-3-4-6-15(14)20-18(23)16-7-8-17(22-21-16)19-13-9-10-26(24,25)11-13/h3-8,12-13H,9-11H2,1-2H3,(H,19,22)(H,20,23). The number of sulfone groups is 1. The molecule has 2 aromatic rings. The van der Waals surface area contributed by atoms with E-state index in [0.717, 1.165) is 11.3 Å². The first kappa shape index (κ1) is 18.3. The van der Waals surface area contributed by atoms with Gasteiger partial charge in [0.25, 0.3) is 5.91 Å². The van der Waals surface area contributed by atoms with E-state index in [4.69, 9.17) is 0 Å². The van der Waals surface area contributed by atoms with E-state index in [0.29, 0.717) is 12.2 Å². The Bertz CT molecular complexity index is 895. The number of para-hydroxylation sites is 1. The van der Waals surface area contributed by atoms with Crippen molar-refractivity contribution < 1.29 is 13.2 Å². The monoisotopic (exact) mass is 374 g/mol. The number of benzene rings is 1. The zero-order valence-electron chi connectivity index (χ0n) is 14.8. The summed E-state index contributed by atoms with van der Waals surface area (Å²) in [5, 5.41) is 13.9. The van der Waals surface area contributed by atoms with Crippen LogP contribution in [0.25, 0.3) is 0 Å². The van der Waals surface area contributed by atoms with Crippen LogP contribution in [-0.4, -0.2) is 42.1 Å². The largest absolute Gasteiger partial charge is 0.365 e. The number of nitrogens with zero attached hydrogens (tertiary/aromatic N) is 2. The smallest absolute Gasteiger partial charge is 0.276 e. The minimum atomic E-state index is -2.96. The molecule has 2 heterocycles. The molecule has 1 unspecified atom stereocenters. The van der Waals surface area contributed by atoms with Gasteiger partial charge in [-0.1, -0.05) is 32.0 Å². The fraction of sp³-hybridized carbons (Fsp3) is 0.389. The van der Waals surface area contributed by atoms with E-state index in [2.05, 4.69) is 34.7 Å². The highest BCUT2D eigenvalue weighted by Crippen LogP contribution is 2.24. The Balaban J connectivity index is 1.66. The normalized spacial score (nSPS) is 18.7. The molecule has 0 radical (unpaired) electrons. The first-order valence-electron chi connectivity index (χ1n) is 8.55. The molecule has 1 aliphatic heterocycles. The molecule has 1 fully saturated rings. The average Bonchev–Trinajstić information content (AvgIpc) is 2.94. The second kappa shape index (κ2) is 7.41. The lowest BCUT2D eigenvalue weighted by molar-refractivity contribution is 0.102. The molecule has 3 rings (SSSR count). The summed E-state index contributed by atoms with van der Waals surface area (Å²) < 4.78 is 23.0. The molecule has 1 saturated heterocycles. The van der Waals surface area contributed by atoms with Gasteiger partial charge in [0.2, 0.25) is 0 Å². The average molecular weight is 374 g/mol. The van der Waals surface area contributed by atoms with Crippen LogP contribution in [-0.2, 0) is 9.84 Å². The van der Waals surface area contributed by atoms with Crippen LogP contribution in [0, 0.1) is 0 Å². The predicted molar refractivity (Wildman–Crippen MR) is 101 cm³/mol. The van der Waals surface area contributed by atoms with Crippen LogP contribution in [0.3, 0.4) is 0 Å². The molecule has 1 atom stereocenters. The molecular weight excluding hydrogens is 352 g/mol. The topological polar surface area (TPSA) is 101 Å². The Kier molecular flexibility index (Phi) is 5.22. The summed E-state index contributed by atoms with van der Waals surface area (Å²) >= 11 is 0. The number of aromatic nitrogens is 2. The van der Waals surface area contributed by atoms with Crippen LogP contribution >= 0.6 is 0 Å². The predicted octanol–water partition coefficient (Wildman–Crippen LogP) is 2.45. The Morgan fingerprint density at radius 1 is 1.15 bits per heavy atom. The number of nitrogens with one attached hydrogen (secondary N) is 2. The van der Waals surface area contributed by atoms with Gasteiger partial charge in [0.05, 0.1) is 11.5 Å². The van der Waals surface area contributed by atoms with E-state index in [1.165, 1.54) is 0 Å². The van der Waals surface area contributed by atoms with Gasteiger partial charge < -0.3 is 10.6 Å². The van der Waals surface area contributed by atoms with E-state index in [1.54, 1.807) is 12.1 Å².